The van der Waals surface area contributed by atoms with E-state index in [1.807, 2.05) is 20.8 Å². The second-order valence-electron chi connectivity index (χ2n) is 11.5. The molecule has 4 atom stereocenters. The fraction of sp³-hybridized carbons (Fsp3) is 0.600. The number of nitrogens with one attached hydrogen (secondary N) is 1. The van der Waals surface area contributed by atoms with Crippen LogP contribution in [0.2, 0.25) is 0 Å². The Morgan fingerprint density at radius 2 is 1.93 bits per heavy atom. The summed E-state index contributed by atoms with van der Waals surface area (Å²) in [5.74, 6) is 0.0571. The molecule has 10 heteroatoms. The number of amides is 2. The van der Waals surface area contributed by atoms with Crippen LogP contribution in [0.25, 0.3) is 0 Å². The maximum atomic E-state index is 13.8. The molecule has 0 spiro atoms. The number of hydrogen-bond donors (Lipinski definition) is 2. The maximum Gasteiger partial charge on any atom is 0.254 e. The summed E-state index contributed by atoms with van der Waals surface area (Å²) in [6.07, 6.45) is 1.75. The number of ether oxygens (including phenoxy) is 1. The van der Waals surface area contributed by atoms with Crippen LogP contribution in [0.15, 0.2) is 34.9 Å². The van der Waals surface area contributed by atoms with E-state index in [4.69, 9.17) is 14.5 Å². The molecule has 3 heterocycles. The van der Waals surface area contributed by atoms with Gasteiger partial charge in [0.05, 0.1) is 23.8 Å². The first-order valence-electron chi connectivity index (χ1n) is 14.3. The Balaban J connectivity index is 1.39. The molecule has 0 unspecified atom stereocenters. The van der Waals surface area contributed by atoms with E-state index in [2.05, 4.69) is 28.4 Å². The highest BCUT2D eigenvalue weighted by atomic mass is 16.5. The smallest absolute Gasteiger partial charge is 0.254 e. The Kier molecular flexibility index (Phi) is 9.82. The summed E-state index contributed by atoms with van der Waals surface area (Å²) in [4.78, 5) is 30.9. The van der Waals surface area contributed by atoms with Crippen LogP contribution in [0.4, 0.5) is 0 Å². The zero-order chi connectivity index (χ0) is 28.8. The normalized spacial score (nSPS) is 21.7. The number of nitriles is 1. The van der Waals surface area contributed by atoms with Crippen molar-refractivity contribution in [3.05, 3.63) is 47.2 Å². The zero-order valence-corrected chi connectivity index (χ0v) is 23.9. The van der Waals surface area contributed by atoms with Crippen LogP contribution < -0.4 is 10.1 Å². The molecule has 2 saturated heterocycles. The minimum atomic E-state index is -0.810. The van der Waals surface area contributed by atoms with E-state index in [1.165, 1.54) is 17.7 Å². The standard InChI is InChI=1S/C30H41N5O5/c1-19(2)28(26-16-27(33-40-26)39-14-13-34-11-9-20(3)10-12-34)30(38)35-18-24(36)15-25(35)29(37)32-21(4)23-7-5-22(17-31)6-8-23/h5-8,16,19-21,24-25,28,36H,9-15,18H2,1-4H3,(H,32,37)/t21-,24+,25-,28+/m0/s1. The molecule has 1 aromatic heterocycles. The number of likely N-dealkylation sites (tertiary alicyclic amines) is 2. The van der Waals surface area contributed by atoms with Crippen LogP contribution in [0.3, 0.4) is 0 Å². The molecule has 10 nitrogen and oxygen atoms in total. The van der Waals surface area contributed by atoms with Gasteiger partial charge in [-0.1, -0.05) is 32.9 Å². The fourth-order valence-corrected chi connectivity index (χ4v) is 5.51. The highest BCUT2D eigenvalue weighted by Gasteiger charge is 2.43. The largest absolute Gasteiger partial charge is 0.474 e. The van der Waals surface area contributed by atoms with Crippen molar-refractivity contribution in [2.24, 2.45) is 11.8 Å². The van der Waals surface area contributed by atoms with Crippen LogP contribution in [-0.2, 0) is 9.59 Å². The Morgan fingerprint density at radius 1 is 1.23 bits per heavy atom. The average Bonchev–Trinajstić information content (AvgIpc) is 3.56. The Hall–Kier alpha value is -3.42. The van der Waals surface area contributed by atoms with Crippen molar-refractivity contribution in [3.8, 4) is 11.9 Å². The van der Waals surface area contributed by atoms with Crippen molar-refractivity contribution in [2.45, 2.75) is 71.1 Å². The highest BCUT2D eigenvalue weighted by molar-refractivity contribution is 5.91. The van der Waals surface area contributed by atoms with E-state index < -0.39 is 18.1 Å². The third-order valence-electron chi connectivity index (χ3n) is 8.04. The van der Waals surface area contributed by atoms with Crippen molar-refractivity contribution in [1.82, 2.24) is 20.3 Å². The van der Waals surface area contributed by atoms with Gasteiger partial charge in [-0.2, -0.15) is 5.26 Å². The topological polar surface area (TPSA) is 132 Å². The molecule has 2 aliphatic heterocycles. The molecule has 0 saturated carbocycles. The van der Waals surface area contributed by atoms with Gasteiger partial charge < -0.3 is 24.6 Å². The molecule has 2 fully saturated rings. The summed E-state index contributed by atoms with van der Waals surface area (Å²) < 4.78 is 11.4. The number of β-amino-alcohol motifs (C(OH)–C–C–N with tert-alkyl or cyclic N) is 1. The third kappa shape index (κ3) is 7.20. The number of aromatic nitrogens is 1. The molecule has 2 aliphatic rings. The first kappa shape index (κ1) is 29.6. The predicted molar refractivity (Wildman–Crippen MR) is 148 cm³/mol. The van der Waals surface area contributed by atoms with Gasteiger partial charge in [0.15, 0.2) is 5.76 Å². The van der Waals surface area contributed by atoms with Crippen LogP contribution in [0, 0.1) is 23.2 Å². The predicted octanol–water partition coefficient (Wildman–Crippen LogP) is 3.24. The fourth-order valence-electron chi connectivity index (χ4n) is 5.51. The number of aliphatic hydroxyl groups is 1. The van der Waals surface area contributed by atoms with E-state index in [0.717, 1.165) is 31.1 Å². The highest BCUT2D eigenvalue weighted by Crippen LogP contribution is 2.32. The third-order valence-corrected chi connectivity index (χ3v) is 8.04. The Bertz CT molecular complexity index is 1180. The van der Waals surface area contributed by atoms with Gasteiger partial charge in [-0.25, -0.2) is 0 Å². The van der Waals surface area contributed by atoms with Gasteiger partial charge in [0, 0.05) is 25.6 Å². The van der Waals surface area contributed by atoms with Gasteiger partial charge >= 0.3 is 0 Å². The molecule has 0 radical (unpaired) electrons. The zero-order valence-electron chi connectivity index (χ0n) is 23.9. The van der Waals surface area contributed by atoms with Crippen molar-refractivity contribution in [3.63, 3.8) is 0 Å². The quantitative estimate of drug-likeness (QED) is 0.460. The van der Waals surface area contributed by atoms with Gasteiger partial charge in [0.25, 0.3) is 5.88 Å². The Labute approximate surface area is 236 Å². The lowest BCUT2D eigenvalue weighted by Crippen LogP contribution is -2.48. The molecule has 1 aromatic carbocycles. The van der Waals surface area contributed by atoms with Crippen LogP contribution in [0.1, 0.15) is 75.8 Å². The summed E-state index contributed by atoms with van der Waals surface area (Å²) in [5.41, 5.74) is 1.38. The Morgan fingerprint density at radius 3 is 2.58 bits per heavy atom. The lowest BCUT2D eigenvalue weighted by atomic mass is 9.91. The molecule has 2 aromatic rings. The van der Waals surface area contributed by atoms with Crippen molar-refractivity contribution >= 4 is 11.8 Å². The summed E-state index contributed by atoms with van der Waals surface area (Å²) >= 11 is 0. The molecule has 2 amide bonds. The minimum absolute atomic E-state index is 0.0668. The summed E-state index contributed by atoms with van der Waals surface area (Å²) in [5, 5.41) is 26.5. The number of carbonyl (C=O) groups excluding carboxylic acids is 2. The number of piperidine rings is 1. The second-order valence-corrected chi connectivity index (χ2v) is 11.5. The molecular weight excluding hydrogens is 510 g/mol. The molecule has 216 valence electrons. The van der Waals surface area contributed by atoms with E-state index >= 15 is 0 Å². The summed E-state index contributed by atoms with van der Waals surface area (Å²) in [6.45, 7) is 11.5. The van der Waals surface area contributed by atoms with Gasteiger partial charge in [-0.3, -0.25) is 14.5 Å². The monoisotopic (exact) mass is 551 g/mol. The molecule has 40 heavy (non-hydrogen) atoms. The van der Waals surface area contributed by atoms with E-state index in [-0.39, 0.29) is 36.7 Å². The van der Waals surface area contributed by atoms with Crippen molar-refractivity contribution < 1.29 is 24.0 Å². The van der Waals surface area contributed by atoms with Crippen LogP contribution in [-0.4, -0.2) is 76.8 Å². The average molecular weight is 552 g/mol. The number of aliphatic hydroxyl groups excluding tert-OH is 1. The minimum Gasteiger partial charge on any atom is -0.474 e. The lowest BCUT2D eigenvalue weighted by molar-refractivity contribution is -0.141. The molecular formula is C30H41N5O5. The number of benzene rings is 1. The van der Waals surface area contributed by atoms with Crippen LogP contribution in [0.5, 0.6) is 5.88 Å². The second kappa shape index (κ2) is 13.3. The molecule has 2 N–H and O–H groups in total. The number of nitrogens with zero attached hydrogens (tertiary/aromatic N) is 4. The van der Waals surface area contributed by atoms with Crippen molar-refractivity contribution in [1.29, 1.82) is 5.26 Å². The molecule has 0 aliphatic carbocycles. The number of hydrogen-bond acceptors (Lipinski definition) is 8. The van der Waals surface area contributed by atoms with Crippen LogP contribution >= 0.6 is 0 Å². The van der Waals surface area contributed by atoms with Gasteiger partial charge in [0.1, 0.15) is 18.6 Å². The van der Waals surface area contributed by atoms with E-state index in [0.29, 0.717) is 23.8 Å². The van der Waals surface area contributed by atoms with Gasteiger partial charge in [-0.05, 0) is 67.5 Å². The molecule has 4 rings (SSSR count). The number of carbonyl (C=O) groups is 2. The van der Waals surface area contributed by atoms with E-state index in [9.17, 15) is 14.7 Å². The first-order valence-corrected chi connectivity index (χ1v) is 14.3. The SMILES string of the molecule is CC1CCN(CCOc2cc([C@H](C(=O)N3C[C@H](O)C[C@H]3C(=O)N[C@@H](C)c3ccc(C#N)cc3)C(C)C)on2)CC1. The first-order chi connectivity index (χ1) is 19.2. The van der Waals surface area contributed by atoms with E-state index in [1.54, 1.807) is 30.3 Å². The van der Waals surface area contributed by atoms with Crippen molar-refractivity contribution in [2.75, 3.05) is 32.8 Å². The number of rotatable bonds is 10. The lowest BCUT2D eigenvalue weighted by Gasteiger charge is -2.29. The molecule has 0 bridgehead atoms. The summed E-state index contributed by atoms with van der Waals surface area (Å²) in [7, 11) is 0. The maximum absolute atomic E-state index is 13.8. The summed E-state index contributed by atoms with van der Waals surface area (Å²) in [6, 6.07) is 9.58. The van der Waals surface area contributed by atoms with Gasteiger partial charge in [0.2, 0.25) is 11.8 Å². The van der Waals surface area contributed by atoms with Gasteiger partial charge in [-0.15, -0.1) is 0 Å².